The second-order valence-electron chi connectivity index (χ2n) is 7.02. The van der Waals surface area contributed by atoms with Crippen LogP contribution in [0.15, 0.2) is 29.7 Å². The predicted octanol–water partition coefficient (Wildman–Crippen LogP) is 4.92. The summed E-state index contributed by atoms with van der Waals surface area (Å²) in [6.45, 7) is 9.18. The summed E-state index contributed by atoms with van der Waals surface area (Å²) >= 11 is 1.11. The zero-order valence-electron chi connectivity index (χ0n) is 15.1. The van der Waals surface area contributed by atoms with Gasteiger partial charge in [-0.05, 0) is 38.7 Å². The van der Waals surface area contributed by atoms with Crippen molar-refractivity contribution in [2.45, 2.75) is 52.2 Å². The summed E-state index contributed by atoms with van der Waals surface area (Å²) in [5.41, 5.74) is -0.0672. The molecule has 1 heterocycles. The molecule has 0 aliphatic carbocycles. The Bertz CT molecular complexity index is 658. The summed E-state index contributed by atoms with van der Waals surface area (Å²) in [4.78, 5) is 11.4. The van der Waals surface area contributed by atoms with Gasteiger partial charge in [-0.3, -0.25) is 4.79 Å². The van der Waals surface area contributed by atoms with E-state index >= 15 is 0 Å². The number of hydrogen-bond donors (Lipinski definition) is 0. The van der Waals surface area contributed by atoms with Gasteiger partial charge in [0.15, 0.2) is 5.12 Å². The molecule has 0 spiro atoms. The minimum absolute atomic E-state index is 0.0513. The quantitative estimate of drug-likeness (QED) is 0.692. The minimum atomic E-state index is -2.58. The molecule has 1 aliphatic heterocycles. The van der Waals surface area contributed by atoms with Gasteiger partial charge in [-0.1, -0.05) is 42.1 Å². The first-order valence-electron chi connectivity index (χ1n) is 8.10. The van der Waals surface area contributed by atoms with E-state index in [2.05, 4.69) is 0 Å². The molecule has 1 aromatic carbocycles. The fourth-order valence-corrected chi connectivity index (χ4v) is 2.99. The molecule has 136 valence electrons. The molecule has 0 amide bonds. The topological polar surface area (TPSA) is 35.5 Å². The summed E-state index contributed by atoms with van der Waals surface area (Å²) in [6, 6.07) is 6.32. The van der Waals surface area contributed by atoms with E-state index in [-0.39, 0.29) is 10.7 Å². The van der Waals surface area contributed by atoms with Gasteiger partial charge in [-0.15, -0.1) is 0 Å². The third kappa shape index (κ3) is 4.71. The van der Waals surface area contributed by atoms with Gasteiger partial charge < -0.3 is 9.31 Å². The summed E-state index contributed by atoms with van der Waals surface area (Å²) in [7, 11) is -0.678. The third-order valence-corrected chi connectivity index (χ3v) is 5.45. The van der Waals surface area contributed by atoms with Crippen molar-refractivity contribution in [2.24, 2.45) is 0 Å². The summed E-state index contributed by atoms with van der Waals surface area (Å²) in [6.07, 6.45) is -0.924. The predicted molar refractivity (Wildman–Crippen MR) is 98.6 cm³/mol. The van der Waals surface area contributed by atoms with Crippen LogP contribution in [-0.2, 0) is 14.1 Å². The van der Waals surface area contributed by atoms with Gasteiger partial charge in [0.25, 0.3) is 6.43 Å². The number of carbonyl (C=O) groups is 1. The molecule has 0 aromatic heterocycles. The fourth-order valence-electron chi connectivity index (χ4n) is 2.40. The summed E-state index contributed by atoms with van der Waals surface area (Å²) in [5, 5.41) is -0.0513. The number of rotatable bonds is 5. The second kappa shape index (κ2) is 7.60. The highest BCUT2D eigenvalue weighted by Crippen LogP contribution is 2.39. The summed E-state index contributed by atoms with van der Waals surface area (Å²) in [5.74, 6) is 0.323. The maximum atomic E-state index is 13.3. The normalized spacial score (nSPS) is 19.5. The minimum Gasteiger partial charge on any atom is -0.400 e. The van der Waals surface area contributed by atoms with Crippen LogP contribution in [0.4, 0.5) is 8.78 Å². The van der Waals surface area contributed by atoms with Gasteiger partial charge in [0, 0.05) is 18.2 Å². The number of carbonyl (C=O) groups excluding carboxylic acids is 1. The molecule has 2 rings (SSSR count). The van der Waals surface area contributed by atoms with Crippen LogP contribution in [0.1, 0.15) is 52.2 Å². The van der Waals surface area contributed by atoms with Gasteiger partial charge in [0.2, 0.25) is 0 Å². The van der Waals surface area contributed by atoms with Crippen molar-refractivity contribution in [3.8, 4) is 0 Å². The smallest absolute Gasteiger partial charge is 0.400 e. The van der Waals surface area contributed by atoms with Crippen LogP contribution in [0.3, 0.4) is 0 Å². The van der Waals surface area contributed by atoms with Crippen molar-refractivity contribution in [3.05, 3.63) is 40.9 Å². The first-order chi connectivity index (χ1) is 11.5. The highest BCUT2D eigenvalue weighted by Gasteiger charge is 2.52. The lowest BCUT2D eigenvalue weighted by molar-refractivity contribution is -0.109. The average Bonchev–Trinajstić information content (AvgIpc) is 2.71. The maximum Gasteiger partial charge on any atom is 0.491 e. The Labute approximate surface area is 152 Å². The van der Waals surface area contributed by atoms with Crippen LogP contribution in [-0.4, -0.2) is 29.2 Å². The van der Waals surface area contributed by atoms with E-state index in [0.717, 1.165) is 11.8 Å². The fraction of sp³-hybridized carbons (Fsp3) is 0.500. The highest BCUT2D eigenvalue weighted by molar-refractivity contribution is 8.13. The molecule has 7 heteroatoms. The lowest BCUT2D eigenvalue weighted by Crippen LogP contribution is -2.41. The Hall–Kier alpha value is -1.18. The van der Waals surface area contributed by atoms with Crippen molar-refractivity contribution in [3.63, 3.8) is 0 Å². The zero-order valence-corrected chi connectivity index (χ0v) is 16.0. The van der Waals surface area contributed by atoms with E-state index in [1.807, 2.05) is 27.7 Å². The zero-order chi connectivity index (χ0) is 18.8. The summed E-state index contributed by atoms with van der Waals surface area (Å²) < 4.78 is 38.6. The van der Waals surface area contributed by atoms with Gasteiger partial charge in [0.1, 0.15) is 0 Å². The Morgan fingerprint density at radius 1 is 1.20 bits per heavy atom. The highest BCUT2D eigenvalue weighted by atomic mass is 32.2. The van der Waals surface area contributed by atoms with Crippen molar-refractivity contribution >= 4 is 30.1 Å². The van der Waals surface area contributed by atoms with Crippen LogP contribution in [0, 0.1) is 0 Å². The lowest BCUT2D eigenvalue weighted by atomic mass is 9.78. The van der Waals surface area contributed by atoms with E-state index in [1.54, 1.807) is 24.3 Å². The van der Waals surface area contributed by atoms with Gasteiger partial charge in [-0.2, -0.15) is 0 Å². The molecular formula is C18H23BF2O3S. The van der Waals surface area contributed by atoms with Gasteiger partial charge >= 0.3 is 7.12 Å². The Morgan fingerprint density at radius 3 is 2.28 bits per heavy atom. The SMILES string of the molecule is CC(=O)SCC(=Cc1ccccc1C(F)F)B1OC(C)(C)C(C)(C)O1. The Balaban J connectivity index is 2.39. The number of alkyl halides is 2. The van der Waals surface area contributed by atoms with E-state index in [4.69, 9.17) is 9.31 Å². The molecule has 0 unspecified atom stereocenters. The molecule has 1 aromatic rings. The maximum absolute atomic E-state index is 13.3. The van der Waals surface area contributed by atoms with E-state index in [1.165, 1.54) is 13.0 Å². The Morgan fingerprint density at radius 2 is 1.76 bits per heavy atom. The van der Waals surface area contributed by atoms with Crippen molar-refractivity contribution < 1.29 is 22.9 Å². The molecule has 0 bridgehead atoms. The average molecular weight is 368 g/mol. The third-order valence-electron chi connectivity index (χ3n) is 4.57. The first-order valence-corrected chi connectivity index (χ1v) is 9.08. The second-order valence-corrected chi connectivity index (χ2v) is 8.17. The van der Waals surface area contributed by atoms with Crippen molar-refractivity contribution in [2.75, 3.05) is 5.75 Å². The van der Waals surface area contributed by atoms with E-state index in [0.29, 0.717) is 16.8 Å². The molecular weight excluding hydrogens is 345 g/mol. The van der Waals surface area contributed by atoms with Gasteiger partial charge in [-0.25, -0.2) is 8.78 Å². The Kier molecular flexibility index (Phi) is 6.12. The molecule has 0 N–H and O–H groups in total. The standard InChI is InChI=1S/C18H23BF2O3S/c1-12(22)25-11-14(19-23-17(2,3)18(4,5)24-19)10-13-8-6-7-9-15(13)16(20)21/h6-10,16H,11H2,1-5H3. The molecule has 1 fully saturated rings. The first kappa shape index (κ1) is 20.1. The van der Waals surface area contributed by atoms with Crippen LogP contribution in [0.25, 0.3) is 6.08 Å². The molecule has 1 aliphatic rings. The largest absolute Gasteiger partial charge is 0.491 e. The molecule has 1 saturated heterocycles. The van der Waals surface area contributed by atoms with Crippen LogP contribution >= 0.6 is 11.8 Å². The molecule has 0 atom stereocenters. The number of halogens is 2. The van der Waals surface area contributed by atoms with Crippen LogP contribution in [0.5, 0.6) is 0 Å². The number of benzene rings is 1. The van der Waals surface area contributed by atoms with Crippen LogP contribution in [0.2, 0.25) is 0 Å². The van der Waals surface area contributed by atoms with E-state index < -0.39 is 24.7 Å². The lowest BCUT2D eigenvalue weighted by Gasteiger charge is -2.32. The molecule has 0 radical (unpaired) electrons. The van der Waals surface area contributed by atoms with Crippen LogP contribution < -0.4 is 0 Å². The van der Waals surface area contributed by atoms with Crippen molar-refractivity contribution in [1.29, 1.82) is 0 Å². The monoisotopic (exact) mass is 368 g/mol. The molecule has 3 nitrogen and oxygen atoms in total. The number of thioether (sulfide) groups is 1. The van der Waals surface area contributed by atoms with E-state index in [9.17, 15) is 13.6 Å². The number of hydrogen-bond acceptors (Lipinski definition) is 4. The van der Waals surface area contributed by atoms with Crippen molar-refractivity contribution in [1.82, 2.24) is 0 Å². The molecule has 25 heavy (non-hydrogen) atoms. The van der Waals surface area contributed by atoms with Gasteiger partial charge in [0.05, 0.1) is 11.2 Å². The molecule has 0 saturated carbocycles.